The summed E-state index contributed by atoms with van der Waals surface area (Å²) in [6.07, 6.45) is -3.68. The Balaban J connectivity index is 0.00000289. The molecule has 1 atom stereocenters. The van der Waals surface area contributed by atoms with Crippen LogP contribution in [-0.4, -0.2) is 0 Å². The highest BCUT2D eigenvalue weighted by atomic mass is 79.9. The number of benzene rings is 1. The molecule has 0 bridgehead atoms. The lowest BCUT2D eigenvalue weighted by Crippen LogP contribution is -2.14. The molecule has 1 aromatic carbocycles. The minimum absolute atomic E-state index is 0. The lowest BCUT2D eigenvalue weighted by Gasteiger charge is -2.17. The van der Waals surface area contributed by atoms with Gasteiger partial charge in [-0.25, -0.2) is 0 Å². The molecule has 6 heteroatoms. The quantitative estimate of drug-likeness (QED) is 0.824. The first-order valence-corrected chi connectivity index (χ1v) is 6.12. The third-order valence-electron chi connectivity index (χ3n) is 2.40. The van der Waals surface area contributed by atoms with E-state index in [9.17, 15) is 13.2 Å². The van der Waals surface area contributed by atoms with Crippen LogP contribution in [0.4, 0.5) is 13.2 Å². The van der Waals surface area contributed by atoms with Crippen LogP contribution in [0.15, 0.2) is 22.7 Å². The molecule has 1 rings (SSSR count). The Hall–Kier alpha value is -0.260. The Morgan fingerprint density at radius 2 is 1.78 bits per heavy atom. The maximum Gasteiger partial charge on any atom is 0.416 e. The molecular formula is C12H16BrClF3N. The number of halogens is 5. The van der Waals surface area contributed by atoms with Crippen LogP contribution in [0.5, 0.6) is 0 Å². The van der Waals surface area contributed by atoms with E-state index in [0.717, 1.165) is 12.1 Å². The summed E-state index contributed by atoms with van der Waals surface area (Å²) in [6, 6.07) is 3.46. The fourth-order valence-electron chi connectivity index (χ4n) is 1.63. The lowest BCUT2D eigenvalue weighted by molar-refractivity contribution is -0.137. The van der Waals surface area contributed by atoms with Crippen LogP contribution in [0.3, 0.4) is 0 Å². The van der Waals surface area contributed by atoms with Gasteiger partial charge < -0.3 is 5.73 Å². The van der Waals surface area contributed by atoms with E-state index in [4.69, 9.17) is 5.73 Å². The highest BCUT2D eigenvalue weighted by Gasteiger charge is 2.31. The summed E-state index contributed by atoms with van der Waals surface area (Å²) in [6.45, 7) is 3.98. The minimum Gasteiger partial charge on any atom is -0.324 e. The van der Waals surface area contributed by atoms with Crippen LogP contribution in [0.25, 0.3) is 0 Å². The predicted molar refractivity (Wildman–Crippen MR) is 72.8 cm³/mol. The highest BCUT2D eigenvalue weighted by Crippen LogP contribution is 2.33. The van der Waals surface area contributed by atoms with Crippen LogP contribution < -0.4 is 5.73 Å². The maximum atomic E-state index is 12.6. The molecule has 0 saturated carbocycles. The van der Waals surface area contributed by atoms with Gasteiger partial charge in [-0.15, -0.1) is 12.4 Å². The van der Waals surface area contributed by atoms with Gasteiger partial charge in [0.2, 0.25) is 0 Å². The SMILES string of the molecule is CC(C)C[C@@H](N)c1cc(Br)cc(C(F)(F)F)c1.Cl. The smallest absolute Gasteiger partial charge is 0.324 e. The van der Waals surface area contributed by atoms with Crippen LogP contribution in [-0.2, 0) is 6.18 Å². The Bertz CT molecular complexity index is 393. The molecule has 0 aromatic heterocycles. The summed E-state index contributed by atoms with van der Waals surface area (Å²) in [5.74, 6) is 0.346. The van der Waals surface area contributed by atoms with Gasteiger partial charge >= 0.3 is 6.18 Å². The Labute approximate surface area is 119 Å². The van der Waals surface area contributed by atoms with Crippen molar-refractivity contribution in [1.29, 1.82) is 0 Å². The Kier molecular flexibility index (Phi) is 6.68. The molecule has 0 fully saturated rings. The minimum atomic E-state index is -4.34. The molecule has 0 aliphatic heterocycles. The molecule has 1 nitrogen and oxygen atoms in total. The van der Waals surface area contributed by atoms with Crippen molar-refractivity contribution in [1.82, 2.24) is 0 Å². The van der Waals surface area contributed by atoms with Crippen molar-refractivity contribution in [3.05, 3.63) is 33.8 Å². The van der Waals surface area contributed by atoms with Crippen molar-refractivity contribution in [2.45, 2.75) is 32.5 Å². The van der Waals surface area contributed by atoms with E-state index in [1.165, 1.54) is 0 Å². The van der Waals surface area contributed by atoms with E-state index in [1.807, 2.05) is 13.8 Å². The number of hydrogen-bond donors (Lipinski definition) is 1. The van der Waals surface area contributed by atoms with Gasteiger partial charge in [0.25, 0.3) is 0 Å². The van der Waals surface area contributed by atoms with Crippen molar-refractivity contribution in [2.75, 3.05) is 0 Å². The average Bonchev–Trinajstić information content (AvgIpc) is 2.14. The average molecular weight is 347 g/mol. The monoisotopic (exact) mass is 345 g/mol. The summed E-state index contributed by atoms with van der Waals surface area (Å²) in [5.41, 5.74) is 5.74. The number of alkyl halides is 3. The van der Waals surface area contributed by atoms with Crippen LogP contribution >= 0.6 is 28.3 Å². The van der Waals surface area contributed by atoms with E-state index in [1.54, 1.807) is 6.07 Å². The fraction of sp³-hybridized carbons (Fsp3) is 0.500. The molecule has 0 aliphatic rings. The zero-order valence-electron chi connectivity index (χ0n) is 10.1. The van der Waals surface area contributed by atoms with E-state index >= 15 is 0 Å². The first-order valence-electron chi connectivity index (χ1n) is 5.33. The normalized spacial score (nSPS) is 13.3. The van der Waals surface area contributed by atoms with Gasteiger partial charge in [-0.1, -0.05) is 29.8 Å². The van der Waals surface area contributed by atoms with Gasteiger partial charge in [0.05, 0.1) is 5.56 Å². The Morgan fingerprint density at radius 3 is 2.22 bits per heavy atom. The van der Waals surface area contributed by atoms with Gasteiger partial charge in [-0.2, -0.15) is 13.2 Å². The highest BCUT2D eigenvalue weighted by molar-refractivity contribution is 9.10. The van der Waals surface area contributed by atoms with E-state index < -0.39 is 11.7 Å². The number of hydrogen-bond acceptors (Lipinski definition) is 1. The molecule has 0 saturated heterocycles. The first kappa shape index (κ1) is 17.7. The molecule has 0 heterocycles. The van der Waals surface area contributed by atoms with Crippen molar-refractivity contribution in [2.24, 2.45) is 11.7 Å². The summed E-state index contributed by atoms with van der Waals surface area (Å²) < 4.78 is 38.2. The second kappa shape index (κ2) is 6.78. The second-order valence-electron chi connectivity index (χ2n) is 4.51. The molecule has 0 unspecified atom stereocenters. The second-order valence-corrected chi connectivity index (χ2v) is 5.42. The third-order valence-corrected chi connectivity index (χ3v) is 2.86. The fourth-order valence-corrected chi connectivity index (χ4v) is 2.14. The summed E-state index contributed by atoms with van der Waals surface area (Å²) in [7, 11) is 0. The summed E-state index contributed by atoms with van der Waals surface area (Å²) >= 11 is 3.08. The largest absolute Gasteiger partial charge is 0.416 e. The Morgan fingerprint density at radius 1 is 1.22 bits per heavy atom. The van der Waals surface area contributed by atoms with Gasteiger partial charge in [0.15, 0.2) is 0 Å². The number of rotatable bonds is 3. The van der Waals surface area contributed by atoms with Gasteiger partial charge in [0.1, 0.15) is 0 Å². The van der Waals surface area contributed by atoms with Gasteiger partial charge in [0, 0.05) is 10.5 Å². The molecule has 0 aliphatic carbocycles. The molecule has 0 spiro atoms. The topological polar surface area (TPSA) is 26.0 Å². The molecule has 18 heavy (non-hydrogen) atoms. The van der Waals surface area contributed by atoms with Crippen molar-refractivity contribution in [3.8, 4) is 0 Å². The van der Waals surface area contributed by atoms with E-state index in [0.29, 0.717) is 22.4 Å². The van der Waals surface area contributed by atoms with Crippen LogP contribution in [0.1, 0.15) is 37.4 Å². The van der Waals surface area contributed by atoms with Crippen LogP contribution in [0, 0.1) is 5.92 Å². The summed E-state index contributed by atoms with van der Waals surface area (Å²) in [4.78, 5) is 0. The molecule has 0 amide bonds. The predicted octanol–water partition coefficient (Wildman–Crippen LogP) is 4.94. The zero-order valence-corrected chi connectivity index (χ0v) is 12.5. The molecular weight excluding hydrogens is 330 g/mol. The van der Waals surface area contributed by atoms with Gasteiger partial charge in [-0.3, -0.25) is 0 Å². The van der Waals surface area contributed by atoms with Crippen LogP contribution in [0.2, 0.25) is 0 Å². The van der Waals surface area contributed by atoms with Crippen molar-refractivity contribution >= 4 is 28.3 Å². The summed E-state index contributed by atoms with van der Waals surface area (Å²) in [5, 5.41) is 0. The van der Waals surface area contributed by atoms with Crippen molar-refractivity contribution < 1.29 is 13.2 Å². The molecule has 104 valence electrons. The zero-order chi connectivity index (χ0) is 13.2. The molecule has 2 N–H and O–H groups in total. The van der Waals surface area contributed by atoms with E-state index in [2.05, 4.69) is 15.9 Å². The maximum absolute atomic E-state index is 12.6. The molecule has 1 aromatic rings. The number of nitrogens with two attached hydrogens (primary N) is 1. The lowest BCUT2D eigenvalue weighted by atomic mass is 9.96. The van der Waals surface area contributed by atoms with Gasteiger partial charge in [-0.05, 0) is 36.1 Å². The van der Waals surface area contributed by atoms with E-state index in [-0.39, 0.29) is 18.4 Å². The standard InChI is InChI=1S/C12H15BrF3N.ClH/c1-7(2)3-11(17)8-4-9(12(14,15)16)6-10(13)5-8;/h4-7,11H,3,17H2,1-2H3;1H/t11-;/m1./s1. The third kappa shape index (κ3) is 5.16. The molecule has 0 radical (unpaired) electrons. The van der Waals surface area contributed by atoms with Crippen molar-refractivity contribution in [3.63, 3.8) is 0 Å². The first-order chi connectivity index (χ1) is 7.70.